The van der Waals surface area contributed by atoms with Crippen molar-refractivity contribution < 1.29 is 9.13 Å². The van der Waals surface area contributed by atoms with Crippen LogP contribution in [0.2, 0.25) is 0 Å². The number of rotatable bonds is 4. The molecule has 0 aliphatic rings. The van der Waals surface area contributed by atoms with Crippen LogP contribution in [-0.4, -0.2) is 16.6 Å². The summed E-state index contributed by atoms with van der Waals surface area (Å²) in [4.78, 5) is 19.3. The Labute approximate surface area is 126 Å². The number of nitrogens with zero attached hydrogens (tertiary/aromatic N) is 1. The van der Waals surface area contributed by atoms with Gasteiger partial charge in [-0.05, 0) is 30.7 Å². The molecular formula is C17H15FN2O2. The van der Waals surface area contributed by atoms with Crippen LogP contribution in [0.25, 0.3) is 22.3 Å². The number of hydrogen-bond acceptors (Lipinski definition) is 3. The van der Waals surface area contributed by atoms with E-state index in [1.165, 1.54) is 12.1 Å². The Morgan fingerprint density at radius 3 is 2.86 bits per heavy atom. The first kappa shape index (κ1) is 14.3. The standard InChI is InChI=1S/C17H15FN2O2/c1-2-9-22-15-10-11(18)7-8-13(15)16-19-14-6-4-3-5-12(14)17(21)20-16/h3-8,10H,2,9H2,1H3,(H,19,20,21). The summed E-state index contributed by atoms with van der Waals surface area (Å²) in [5.74, 6) is 0.355. The van der Waals surface area contributed by atoms with Crippen LogP contribution in [0.1, 0.15) is 13.3 Å². The zero-order chi connectivity index (χ0) is 15.5. The Morgan fingerprint density at radius 1 is 1.23 bits per heavy atom. The minimum atomic E-state index is -0.391. The molecule has 0 radical (unpaired) electrons. The van der Waals surface area contributed by atoms with Crippen LogP contribution in [0.3, 0.4) is 0 Å². The number of aromatic amines is 1. The number of para-hydroxylation sites is 1. The lowest BCUT2D eigenvalue weighted by atomic mass is 10.1. The summed E-state index contributed by atoms with van der Waals surface area (Å²) >= 11 is 0. The molecule has 0 spiro atoms. The van der Waals surface area contributed by atoms with Gasteiger partial charge in [-0.25, -0.2) is 9.37 Å². The first-order valence-corrected chi connectivity index (χ1v) is 7.11. The summed E-state index contributed by atoms with van der Waals surface area (Å²) in [5, 5.41) is 0.518. The fourth-order valence-electron chi connectivity index (χ4n) is 2.24. The van der Waals surface area contributed by atoms with Crippen molar-refractivity contribution in [1.29, 1.82) is 0 Å². The predicted octanol–water partition coefficient (Wildman–Crippen LogP) is 3.52. The molecule has 0 aliphatic carbocycles. The van der Waals surface area contributed by atoms with Gasteiger partial charge >= 0.3 is 0 Å². The number of benzene rings is 2. The van der Waals surface area contributed by atoms with Crippen LogP contribution in [0.15, 0.2) is 47.3 Å². The molecule has 3 aromatic rings. The van der Waals surface area contributed by atoms with Crippen molar-refractivity contribution in [2.45, 2.75) is 13.3 Å². The van der Waals surface area contributed by atoms with E-state index in [4.69, 9.17) is 4.74 Å². The third kappa shape index (κ3) is 2.70. The van der Waals surface area contributed by atoms with Crippen molar-refractivity contribution in [3.05, 3.63) is 58.6 Å². The smallest absolute Gasteiger partial charge is 0.259 e. The number of ether oxygens (including phenoxy) is 1. The maximum atomic E-state index is 13.5. The Morgan fingerprint density at radius 2 is 2.05 bits per heavy atom. The number of fused-ring (bicyclic) bond motifs is 1. The van der Waals surface area contributed by atoms with Gasteiger partial charge in [-0.2, -0.15) is 0 Å². The number of hydrogen-bond donors (Lipinski definition) is 1. The largest absolute Gasteiger partial charge is 0.493 e. The molecule has 1 N–H and O–H groups in total. The molecule has 1 heterocycles. The summed E-state index contributed by atoms with van der Waals surface area (Å²) in [6.07, 6.45) is 0.803. The first-order valence-electron chi connectivity index (χ1n) is 7.11. The van der Waals surface area contributed by atoms with Crippen molar-refractivity contribution in [3.63, 3.8) is 0 Å². The fraction of sp³-hybridized carbons (Fsp3) is 0.176. The summed E-state index contributed by atoms with van der Waals surface area (Å²) in [7, 11) is 0. The molecule has 0 saturated carbocycles. The van der Waals surface area contributed by atoms with Crippen LogP contribution in [0, 0.1) is 5.82 Å². The van der Waals surface area contributed by atoms with E-state index in [9.17, 15) is 9.18 Å². The summed E-state index contributed by atoms with van der Waals surface area (Å²) in [6.45, 7) is 2.43. The molecule has 0 fully saturated rings. The lowest BCUT2D eigenvalue weighted by Gasteiger charge is -2.11. The Kier molecular flexibility index (Phi) is 3.87. The zero-order valence-corrected chi connectivity index (χ0v) is 12.1. The van der Waals surface area contributed by atoms with Gasteiger partial charge in [0.15, 0.2) is 0 Å². The molecule has 4 nitrogen and oxygen atoms in total. The second kappa shape index (κ2) is 5.97. The van der Waals surface area contributed by atoms with Gasteiger partial charge in [0, 0.05) is 6.07 Å². The number of aromatic nitrogens is 2. The summed E-state index contributed by atoms with van der Waals surface area (Å²) < 4.78 is 19.0. The van der Waals surface area contributed by atoms with Gasteiger partial charge in [0.05, 0.1) is 23.1 Å². The van der Waals surface area contributed by atoms with Crippen molar-refractivity contribution in [3.8, 4) is 17.1 Å². The summed E-state index contributed by atoms with van der Waals surface area (Å²) in [5.41, 5.74) is 0.927. The quantitative estimate of drug-likeness (QED) is 0.802. The second-order valence-electron chi connectivity index (χ2n) is 4.92. The van der Waals surface area contributed by atoms with Gasteiger partial charge in [-0.15, -0.1) is 0 Å². The maximum absolute atomic E-state index is 13.5. The van der Waals surface area contributed by atoms with E-state index in [1.54, 1.807) is 24.3 Å². The minimum absolute atomic E-state index is 0.230. The normalized spacial score (nSPS) is 10.8. The van der Waals surface area contributed by atoms with Gasteiger partial charge in [0.25, 0.3) is 5.56 Å². The molecule has 0 amide bonds. The van der Waals surface area contributed by atoms with Gasteiger partial charge in [-0.3, -0.25) is 4.79 Å². The second-order valence-corrected chi connectivity index (χ2v) is 4.92. The molecule has 0 bridgehead atoms. The predicted molar refractivity (Wildman–Crippen MR) is 83.5 cm³/mol. The molecule has 0 unspecified atom stereocenters. The first-order chi connectivity index (χ1) is 10.7. The summed E-state index contributed by atoms with van der Waals surface area (Å²) in [6, 6.07) is 11.3. The Balaban J connectivity index is 2.16. The molecular weight excluding hydrogens is 283 g/mol. The minimum Gasteiger partial charge on any atom is -0.493 e. The van der Waals surface area contributed by atoms with E-state index in [-0.39, 0.29) is 5.56 Å². The van der Waals surface area contributed by atoms with Crippen molar-refractivity contribution in [2.24, 2.45) is 0 Å². The molecule has 3 rings (SSSR count). The van der Waals surface area contributed by atoms with Crippen molar-refractivity contribution in [2.75, 3.05) is 6.61 Å². The van der Waals surface area contributed by atoms with Crippen LogP contribution in [0.5, 0.6) is 5.75 Å². The van der Waals surface area contributed by atoms with Gasteiger partial charge in [0.2, 0.25) is 0 Å². The molecule has 2 aromatic carbocycles. The lowest BCUT2D eigenvalue weighted by molar-refractivity contribution is 0.317. The average Bonchev–Trinajstić information content (AvgIpc) is 2.53. The van der Waals surface area contributed by atoms with E-state index in [2.05, 4.69) is 9.97 Å². The highest BCUT2D eigenvalue weighted by atomic mass is 19.1. The Bertz CT molecular complexity index is 874. The third-order valence-corrected chi connectivity index (χ3v) is 3.27. The molecule has 0 aliphatic heterocycles. The molecule has 0 saturated heterocycles. The SMILES string of the molecule is CCCOc1cc(F)ccc1-c1nc2ccccc2c(=O)[nH]1. The zero-order valence-electron chi connectivity index (χ0n) is 12.1. The number of H-pyrrole nitrogens is 1. The Hall–Kier alpha value is -2.69. The fourth-order valence-corrected chi connectivity index (χ4v) is 2.24. The average molecular weight is 298 g/mol. The molecule has 112 valence electrons. The molecule has 22 heavy (non-hydrogen) atoms. The molecule has 1 aromatic heterocycles. The highest BCUT2D eigenvalue weighted by Crippen LogP contribution is 2.28. The molecule has 5 heteroatoms. The topological polar surface area (TPSA) is 55.0 Å². The highest BCUT2D eigenvalue weighted by Gasteiger charge is 2.12. The lowest BCUT2D eigenvalue weighted by Crippen LogP contribution is -2.10. The van der Waals surface area contributed by atoms with Crippen LogP contribution < -0.4 is 10.3 Å². The van der Waals surface area contributed by atoms with Crippen LogP contribution in [0.4, 0.5) is 4.39 Å². The monoisotopic (exact) mass is 298 g/mol. The van der Waals surface area contributed by atoms with E-state index in [1.807, 2.05) is 13.0 Å². The van der Waals surface area contributed by atoms with Gasteiger partial charge in [0.1, 0.15) is 17.4 Å². The number of nitrogens with one attached hydrogen (secondary N) is 1. The third-order valence-electron chi connectivity index (χ3n) is 3.27. The van der Waals surface area contributed by atoms with E-state index in [0.29, 0.717) is 34.6 Å². The van der Waals surface area contributed by atoms with E-state index < -0.39 is 5.82 Å². The van der Waals surface area contributed by atoms with Gasteiger partial charge in [-0.1, -0.05) is 19.1 Å². The highest BCUT2D eigenvalue weighted by molar-refractivity contribution is 5.80. The van der Waals surface area contributed by atoms with Crippen LogP contribution in [-0.2, 0) is 0 Å². The van der Waals surface area contributed by atoms with Gasteiger partial charge < -0.3 is 9.72 Å². The maximum Gasteiger partial charge on any atom is 0.259 e. The van der Waals surface area contributed by atoms with Crippen LogP contribution >= 0.6 is 0 Å². The number of halogens is 1. The van der Waals surface area contributed by atoms with Crippen molar-refractivity contribution in [1.82, 2.24) is 9.97 Å². The molecule has 0 atom stereocenters. The van der Waals surface area contributed by atoms with E-state index in [0.717, 1.165) is 6.42 Å². The van der Waals surface area contributed by atoms with E-state index >= 15 is 0 Å². The van der Waals surface area contributed by atoms with Crippen molar-refractivity contribution >= 4 is 10.9 Å².